The summed E-state index contributed by atoms with van der Waals surface area (Å²) in [6.45, 7) is 7.06. The molecular formula is C11H23N3O4. The van der Waals surface area contributed by atoms with E-state index < -0.39 is 11.7 Å². The monoisotopic (exact) mass is 261 g/mol. The number of nitrogens with two attached hydrogens (primary N) is 2. The normalized spacial score (nSPS) is 16.6. The molecule has 0 saturated carbocycles. The van der Waals surface area contributed by atoms with Crippen molar-refractivity contribution < 1.29 is 19.4 Å². The van der Waals surface area contributed by atoms with E-state index in [0.717, 1.165) is 25.9 Å². The summed E-state index contributed by atoms with van der Waals surface area (Å²) in [5.41, 5.74) is 9.37. The highest BCUT2D eigenvalue weighted by Crippen LogP contribution is 2.14. The van der Waals surface area contributed by atoms with Crippen molar-refractivity contribution >= 4 is 12.2 Å². The molecule has 5 N–H and O–H groups in total. The van der Waals surface area contributed by atoms with Crippen LogP contribution in [0.1, 0.15) is 33.6 Å². The fraction of sp³-hybridized carbons (Fsp3) is 0.818. The van der Waals surface area contributed by atoms with E-state index in [2.05, 4.69) is 5.73 Å². The van der Waals surface area contributed by atoms with Crippen LogP contribution in [0.4, 0.5) is 9.59 Å². The summed E-state index contributed by atoms with van der Waals surface area (Å²) in [6, 6.07) is 0.244. The number of rotatable bonds is 0. The molecule has 2 amide bonds. The lowest BCUT2D eigenvalue weighted by Crippen LogP contribution is -2.44. The van der Waals surface area contributed by atoms with Crippen LogP contribution < -0.4 is 11.5 Å². The summed E-state index contributed by atoms with van der Waals surface area (Å²) in [5.74, 6) is 0. The fourth-order valence-electron chi connectivity index (χ4n) is 1.41. The second kappa shape index (κ2) is 7.05. The Kier molecular flexibility index (Phi) is 6.46. The van der Waals surface area contributed by atoms with Gasteiger partial charge < -0.3 is 26.2 Å². The molecule has 1 aliphatic rings. The van der Waals surface area contributed by atoms with E-state index in [9.17, 15) is 4.79 Å². The van der Waals surface area contributed by atoms with E-state index in [1.54, 1.807) is 4.90 Å². The van der Waals surface area contributed by atoms with Crippen LogP contribution in [0.25, 0.3) is 0 Å². The van der Waals surface area contributed by atoms with Crippen LogP contribution in [0.5, 0.6) is 0 Å². The number of piperidine rings is 1. The van der Waals surface area contributed by atoms with Gasteiger partial charge in [0, 0.05) is 19.1 Å². The first-order valence-electron chi connectivity index (χ1n) is 5.83. The highest BCUT2D eigenvalue weighted by atomic mass is 16.6. The number of hydrogen-bond acceptors (Lipinski definition) is 4. The number of nitrogens with zero attached hydrogens (tertiary/aromatic N) is 1. The Bertz CT molecular complexity index is 277. The van der Waals surface area contributed by atoms with Gasteiger partial charge in [-0.3, -0.25) is 0 Å². The predicted octanol–water partition coefficient (Wildman–Crippen LogP) is 0.968. The summed E-state index contributed by atoms with van der Waals surface area (Å²) in [5, 5.41) is 7.19. The average molecular weight is 261 g/mol. The Balaban J connectivity index is 0.000000631. The topological polar surface area (TPSA) is 119 Å². The molecule has 0 bridgehead atoms. The number of carbonyl (C=O) groups excluding carboxylic acids is 1. The van der Waals surface area contributed by atoms with Crippen LogP contribution in [-0.2, 0) is 4.74 Å². The molecule has 0 aromatic rings. The molecule has 0 aromatic carbocycles. The van der Waals surface area contributed by atoms with E-state index in [1.807, 2.05) is 20.8 Å². The molecule has 1 heterocycles. The molecule has 0 spiro atoms. The van der Waals surface area contributed by atoms with E-state index in [-0.39, 0.29) is 12.1 Å². The zero-order chi connectivity index (χ0) is 14.3. The second-order valence-corrected chi connectivity index (χ2v) is 5.14. The highest BCUT2D eigenvalue weighted by Gasteiger charge is 2.25. The number of amides is 2. The average Bonchev–Trinajstić information content (AvgIpc) is 2.14. The summed E-state index contributed by atoms with van der Waals surface area (Å²) >= 11 is 0. The molecule has 106 valence electrons. The molecule has 1 fully saturated rings. The van der Waals surface area contributed by atoms with Crippen molar-refractivity contribution in [1.82, 2.24) is 4.90 Å². The Morgan fingerprint density at radius 1 is 1.28 bits per heavy atom. The van der Waals surface area contributed by atoms with Gasteiger partial charge in [-0.25, -0.2) is 9.59 Å². The van der Waals surface area contributed by atoms with E-state index in [0.29, 0.717) is 0 Å². The highest BCUT2D eigenvalue weighted by molar-refractivity contribution is 5.68. The van der Waals surface area contributed by atoms with Crippen LogP contribution in [0.15, 0.2) is 0 Å². The molecule has 0 unspecified atom stereocenters. The van der Waals surface area contributed by atoms with Gasteiger partial charge in [0.1, 0.15) is 5.60 Å². The lowest BCUT2D eigenvalue weighted by Gasteiger charge is -2.32. The molecule has 1 saturated heterocycles. The van der Waals surface area contributed by atoms with Gasteiger partial charge in [0.2, 0.25) is 0 Å². The third-order valence-electron chi connectivity index (χ3n) is 2.19. The summed E-state index contributed by atoms with van der Waals surface area (Å²) < 4.78 is 5.26. The SMILES string of the molecule is CC(C)(C)OC(=O)N1CCC(N)CC1.NC(=O)O. The summed E-state index contributed by atoms with van der Waals surface area (Å²) in [4.78, 5) is 22.1. The van der Waals surface area contributed by atoms with Gasteiger partial charge in [-0.05, 0) is 33.6 Å². The van der Waals surface area contributed by atoms with Gasteiger partial charge >= 0.3 is 12.2 Å². The molecule has 7 nitrogen and oxygen atoms in total. The molecule has 7 heteroatoms. The van der Waals surface area contributed by atoms with Crippen LogP contribution in [0.3, 0.4) is 0 Å². The smallest absolute Gasteiger partial charge is 0.410 e. The van der Waals surface area contributed by atoms with E-state index in [4.69, 9.17) is 20.4 Å². The zero-order valence-electron chi connectivity index (χ0n) is 11.2. The maximum atomic E-state index is 11.6. The third kappa shape index (κ3) is 8.63. The molecule has 1 rings (SSSR count). The van der Waals surface area contributed by atoms with Gasteiger partial charge in [0.05, 0.1) is 0 Å². The number of hydrogen-bond donors (Lipinski definition) is 3. The molecule has 0 aliphatic carbocycles. The van der Waals surface area contributed by atoms with Crippen molar-refractivity contribution in [2.24, 2.45) is 11.5 Å². The first kappa shape index (κ1) is 16.5. The van der Waals surface area contributed by atoms with Crippen molar-refractivity contribution in [2.45, 2.75) is 45.3 Å². The van der Waals surface area contributed by atoms with Gasteiger partial charge in [0.25, 0.3) is 0 Å². The maximum absolute atomic E-state index is 11.6. The zero-order valence-corrected chi connectivity index (χ0v) is 11.2. The van der Waals surface area contributed by atoms with Gasteiger partial charge in [-0.1, -0.05) is 0 Å². The Hall–Kier alpha value is -1.50. The molecule has 0 atom stereocenters. The molecule has 1 aliphatic heterocycles. The molecule has 0 aromatic heterocycles. The minimum absolute atomic E-state index is 0.218. The molecule has 0 radical (unpaired) electrons. The number of carboxylic acid groups (broad SMARTS) is 1. The molecule has 18 heavy (non-hydrogen) atoms. The van der Waals surface area contributed by atoms with Gasteiger partial charge in [-0.15, -0.1) is 0 Å². The van der Waals surface area contributed by atoms with E-state index in [1.165, 1.54) is 0 Å². The van der Waals surface area contributed by atoms with Crippen LogP contribution in [0.2, 0.25) is 0 Å². The first-order valence-corrected chi connectivity index (χ1v) is 5.83. The van der Waals surface area contributed by atoms with Crippen molar-refractivity contribution in [2.75, 3.05) is 13.1 Å². The number of carbonyl (C=O) groups is 2. The summed E-state index contributed by atoms with van der Waals surface area (Å²) in [7, 11) is 0. The van der Waals surface area contributed by atoms with Crippen molar-refractivity contribution in [3.63, 3.8) is 0 Å². The Morgan fingerprint density at radius 2 is 1.67 bits per heavy atom. The maximum Gasteiger partial charge on any atom is 0.410 e. The predicted molar refractivity (Wildman–Crippen MR) is 67.2 cm³/mol. The Labute approximate surface area is 107 Å². The van der Waals surface area contributed by atoms with Crippen molar-refractivity contribution in [3.8, 4) is 0 Å². The minimum Gasteiger partial charge on any atom is -0.465 e. The third-order valence-corrected chi connectivity index (χ3v) is 2.19. The number of likely N-dealkylation sites (tertiary alicyclic amines) is 1. The minimum atomic E-state index is -1.33. The lowest BCUT2D eigenvalue weighted by atomic mass is 10.1. The standard InChI is InChI=1S/C10H20N2O2.CH3NO2/c1-10(2,3)14-9(13)12-6-4-8(11)5-7-12;2-1(3)4/h8H,4-7,11H2,1-3H3;2H2,(H,3,4). The summed E-state index contributed by atoms with van der Waals surface area (Å²) in [6.07, 6.45) is 0.197. The number of primary amides is 1. The van der Waals surface area contributed by atoms with Crippen molar-refractivity contribution in [1.29, 1.82) is 0 Å². The Morgan fingerprint density at radius 3 is 2.00 bits per heavy atom. The fourth-order valence-corrected chi connectivity index (χ4v) is 1.41. The van der Waals surface area contributed by atoms with Gasteiger partial charge in [0.15, 0.2) is 0 Å². The largest absolute Gasteiger partial charge is 0.465 e. The van der Waals surface area contributed by atoms with Crippen molar-refractivity contribution in [3.05, 3.63) is 0 Å². The first-order chi connectivity index (χ1) is 8.11. The second-order valence-electron chi connectivity index (χ2n) is 5.14. The van der Waals surface area contributed by atoms with Gasteiger partial charge in [-0.2, -0.15) is 0 Å². The van der Waals surface area contributed by atoms with Crippen LogP contribution in [0, 0.1) is 0 Å². The van der Waals surface area contributed by atoms with Crippen LogP contribution in [-0.4, -0.2) is 46.9 Å². The van der Waals surface area contributed by atoms with Crippen LogP contribution >= 0.6 is 0 Å². The quantitative estimate of drug-likeness (QED) is 0.600. The number of ether oxygens (including phenoxy) is 1. The lowest BCUT2D eigenvalue weighted by molar-refractivity contribution is 0.0207. The van der Waals surface area contributed by atoms with E-state index >= 15 is 0 Å². The molecular weight excluding hydrogens is 238 g/mol.